The van der Waals surface area contributed by atoms with Crippen molar-refractivity contribution in [3.05, 3.63) is 24.0 Å². The van der Waals surface area contributed by atoms with Crippen LogP contribution in [0.1, 0.15) is 19.0 Å². The molecule has 64 valence electrons. The van der Waals surface area contributed by atoms with Gasteiger partial charge in [0.15, 0.2) is 0 Å². The van der Waals surface area contributed by atoms with Gasteiger partial charge in [-0.1, -0.05) is 0 Å². The lowest BCUT2D eigenvalue weighted by Crippen LogP contribution is -2.45. The number of anilines is 1. The second-order valence-corrected chi connectivity index (χ2v) is 3.49. The van der Waals surface area contributed by atoms with E-state index in [4.69, 9.17) is 0 Å². The second-order valence-electron chi connectivity index (χ2n) is 3.49. The molecule has 2 heteroatoms. The molecule has 2 nitrogen and oxygen atoms in total. The minimum absolute atomic E-state index is 0.703. The monoisotopic (exact) mass is 162 g/mol. The molecule has 0 saturated carbocycles. The van der Waals surface area contributed by atoms with Gasteiger partial charge in [-0.3, -0.25) is 4.98 Å². The normalized spacial score (nSPS) is 22.2. The van der Waals surface area contributed by atoms with Crippen molar-refractivity contribution in [1.82, 2.24) is 4.98 Å². The molecule has 1 saturated heterocycles. The molecule has 2 rings (SSSR count). The third-order valence-electron chi connectivity index (χ3n) is 2.55. The van der Waals surface area contributed by atoms with Gasteiger partial charge in [0.2, 0.25) is 0 Å². The number of aryl methyl sites for hydroxylation is 1. The number of nitrogens with zero attached hydrogens (tertiary/aromatic N) is 2. The molecule has 1 fully saturated rings. The zero-order valence-corrected chi connectivity index (χ0v) is 7.62. The van der Waals surface area contributed by atoms with E-state index in [9.17, 15) is 0 Å². The lowest BCUT2D eigenvalue weighted by Gasteiger charge is -2.40. The molecular weight excluding hydrogens is 148 g/mol. The van der Waals surface area contributed by atoms with E-state index in [1.807, 2.05) is 13.1 Å². The van der Waals surface area contributed by atoms with Crippen LogP contribution in [0, 0.1) is 6.92 Å². The van der Waals surface area contributed by atoms with Gasteiger partial charge in [-0.05, 0) is 32.4 Å². The minimum atomic E-state index is 0.703. The van der Waals surface area contributed by atoms with Crippen LogP contribution in [0.2, 0.25) is 0 Å². The van der Waals surface area contributed by atoms with E-state index < -0.39 is 0 Å². The molecule has 0 amide bonds. The van der Waals surface area contributed by atoms with E-state index in [2.05, 4.69) is 28.9 Å². The Balaban J connectivity index is 2.18. The topological polar surface area (TPSA) is 16.1 Å². The molecule has 1 aromatic rings. The van der Waals surface area contributed by atoms with E-state index in [1.165, 1.54) is 18.7 Å². The van der Waals surface area contributed by atoms with Crippen LogP contribution in [0.4, 0.5) is 5.69 Å². The van der Waals surface area contributed by atoms with Crippen molar-refractivity contribution in [1.29, 1.82) is 0 Å². The Kier molecular flexibility index (Phi) is 1.75. The summed E-state index contributed by atoms with van der Waals surface area (Å²) in [5.41, 5.74) is 2.35. The molecule has 12 heavy (non-hydrogen) atoms. The lowest BCUT2D eigenvalue weighted by atomic mass is 10.0. The van der Waals surface area contributed by atoms with Gasteiger partial charge in [-0.25, -0.2) is 0 Å². The van der Waals surface area contributed by atoms with Crippen molar-refractivity contribution in [2.45, 2.75) is 26.3 Å². The van der Waals surface area contributed by atoms with Crippen LogP contribution in [0.15, 0.2) is 18.3 Å². The maximum absolute atomic E-state index is 4.27. The molecule has 0 aromatic carbocycles. The fraction of sp³-hybridized carbons (Fsp3) is 0.500. The summed E-state index contributed by atoms with van der Waals surface area (Å²) in [4.78, 5) is 6.66. The zero-order chi connectivity index (χ0) is 8.55. The Hall–Kier alpha value is -1.05. The van der Waals surface area contributed by atoms with Crippen molar-refractivity contribution in [3.8, 4) is 0 Å². The van der Waals surface area contributed by atoms with Crippen molar-refractivity contribution in [3.63, 3.8) is 0 Å². The van der Waals surface area contributed by atoms with E-state index in [0.29, 0.717) is 6.04 Å². The number of hydrogen-bond donors (Lipinski definition) is 0. The summed E-state index contributed by atoms with van der Waals surface area (Å²) in [5.74, 6) is 0. The minimum Gasteiger partial charge on any atom is -0.367 e. The van der Waals surface area contributed by atoms with Crippen molar-refractivity contribution in [2.24, 2.45) is 0 Å². The standard InChI is InChI=1S/C10H14N2/c1-8-3-4-10(7-11-8)12-6-5-9(12)2/h3-4,7,9H,5-6H2,1-2H3. The predicted molar refractivity (Wildman–Crippen MR) is 50.4 cm³/mol. The second kappa shape index (κ2) is 2.77. The first-order valence-corrected chi connectivity index (χ1v) is 4.46. The first-order chi connectivity index (χ1) is 5.77. The van der Waals surface area contributed by atoms with Gasteiger partial charge in [0.25, 0.3) is 0 Å². The average Bonchev–Trinajstić information content (AvgIpc) is 2.06. The van der Waals surface area contributed by atoms with E-state index in [0.717, 1.165) is 5.69 Å². The van der Waals surface area contributed by atoms with Gasteiger partial charge < -0.3 is 4.90 Å². The Morgan fingerprint density at radius 2 is 2.33 bits per heavy atom. The smallest absolute Gasteiger partial charge is 0.0555 e. The molecular formula is C10H14N2. The maximum Gasteiger partial charge on any atom is 0.0555 e. The van der Waals surface area contributed by atoms with Crippen LogP contribution in [0.25, 0.3) is 0 Å². The molecule has 0 spiro atoms. The van der Waals surface area contributed by atoms with E-state index in [1.54, 1.807) is 0 Å². The van der Waals surface area contributed by atoms with Crippen molar-refractivity contribution in [2.75, 3.05) is 11.4 Å². The molecule has 0 bridgehead atoms. The Labute approximate surface area is 73.2 Å². The van der Waals surface area contributed by atoms with Crippen molar-refractivity contribution < 1.29 is 0 Å². The number of hydrogen-bond acceptors (Lipinski definition) is 2. The van der Waals surface area contributed by atoms with E-state index >= 15 is 0 Å². The van der Waals surface area contributed by atoms with Crippen molar-refractivity contribution >= 4 is 5.69 Å². The van der Waals surface area contributed by atoms with Crippen LogP contribution in [-0.2, 0) is 0 Å². The van der Waals surface area contributed by atoms with Crippen LogP contribution in [0.3, 0.4) is 0 Å². The average molecular weight is 162 g/mol. The summed E-state index contributed by atoms with van der Waals surface area (Å²) >= 11 is 0. The fourth-order valence-electron chi connectivity index (χ4n) is 1.53. The molecule has 1 aromatic heterocycles. The molecule has 0 radical (unpaired) electrons. The highest BCUT2D eigenvalue weighted by Gasteiger charge is 2.23. The number of aromatic nitrogens is 1. The molecule has 1 aliphatic heterocycles. The van der Waals surface area contributed by atoms with Crippen LogP contribution >= 0.6 is 0 Å². The molecule has 2 heterocycles. The van der Waals surface area contributed by atoms with Gasteiger partial charge in [0.05, 0.1) is 11.9 Å². The summed E-state index contributed by atoms with van der Waals surface area (Å²) in [6.45, 7) is 5.46. The van der Waals surface area contributed by atoms with Crippen LogP contribution in [-0.4, -0.2) is 17.6 Å². The lowest BCUT2D eigenvalue weighted by molar-refractivity contribution is 0.481. The zero-order valence-electron chi connectivity index (χ0n) is 7.62. The largest absolute Gasteiger partial charge is 0.367 e. The van der Waals surface area contributed by atoms with Gasteiger partial charge in [-0.2, -0.15) is 0 Å². The molecule has 0 aliphatic carbocycles. The highest BCUT2D eigenvalue weighted by atomic mass is 15.2. The van der Waals surface area contributed by atoms with Gasteiger partial charge in [0.1, 0.15) is 0 Å². The third kappa shape index (κ3) is 1.17. The quantitative estimate of drug-likeness (QED) is 0.627. The molecule has 0 N–H and O–H groups in total. The third-order valence-corrected chi connectivity index (χ3v) is 2.55. The first kappa shape index (κ1) is 7.59. The highest BCUT2D eigenvalue weighted by molar-refractivity contribution is 5.47. The highest BCUT2D eigenvalue weighted by Crippen LogP contribution is 2.24. The number of pyridine rings is 1. The molecule has 1 aliphatic rings. The SMILES string of the molecule is Cc1ccc(N2CCC2C)cn1. The van der Waals surface area contributed by atoms with E-state index in [-0.39, 0.29) is 0 Å². The Bertz CT molecular complexity index is 266. The molecule has 1 unspecified atom stereocenters. The maximum atomic E-state index is 4.27. The Morgan fingerprint density at radius 1 is 1.50 bits per heavy atom. The Morgan fingerprint density at radius 3 is 2.75 bits per heavy atom. The number of rotatable bonds is 1. The first-order valence-electron chi connectivity index (χ1n) is 4.46. The summed E-state index contributed by atoms with van der Waals surface area (Å²) in [5, 5.41) is 0. The summed E-state index contributed by atoms with van der Waals surface area (Å²) < 4.78 is 0. The molecule has 1 atom stereocenters. The van der Waals surface area contributed by atoms with Crippen LogP contribution in [0.5, 0.6) is 0 Å². The van der Waals surface area contributed by atoms with Gasteiger partial charge in [0, 0.05) is 18.3 Å². The predicted octanol–water partition coefficient (Wildman–Crippen LogP) is 1.99. The summed E-state index contributed by atoms with van der Waals surface area (Å²) in [6, 6.07) is 4.92. The van der Waals surface area contributed by atoms with Gasteiger partial charge >= 0.3 is 0 Å². The van der Waals surface area contributed by atoms with Crippen LogP contribution < -0.4 is 4.90 Å². The fourth-order valence-corrected chi connectivity index (χ4v) is 1.53. The summed E-state index contributed by atoms with van der Waals surface area (Å²) in [7, 11) is 0. The van der Waals surface area contributed by atoms with Gasteiger partial charge in [-0.15, -0.1) is 0 Å². The summed E-state index contributed by atoms with van der Waals surface area (Å²) in [6.07, 6.45) is 3.28.